The number of nitrogens with one attached hydrogen (secondary N) is 1. The molecule has 0 heterocycles. The van der Waals surface area contributed by atoms with Gasteiger partial charge in [-0.25, -0.2) is 0 Å². The fourth-order valence-corrected chi connectivity index (χ4v) is 2.13. The predicted octanol–water partition coefficient (Wildman–Crippen LogP) is 4.33. The summed E-state index contributed by atoms with van der Waals surface area (Å²) in [6.07, 6.45) is 1.66. The van der Waals surface area contributed by atoms with E-state index < -0.39 is 5.91 Å². The Morgan fingerprint density at radius 2 is 1.83 bits per heavy atom. The summed E-state index contributed by atoms with van der Waals surface area (Å²) in [7, 11) is 0. The van der Waals surface area contributed by atoms with Crippen LogP contribution in [-0.4, -0.2) is 12.0 Å². The number of hydrogen-bond donors (Lipinski definition) is 1. The lowest BCUT2D eigenvalue weighted by atomic mass is 10.1. The third-order valence-electron chi connectivity index (χ3n) is 3.32. The number of amides is 1. The maximum absolute atomic E-state index is 12.3. The van der Waals surface area contributed by atoms with E-state index >= 15 is 0 Å². The molecule has 0 unspecified atom stereocenters. The lowest BCUT2D eigenvalue weighted by Gasteiger charge is -2.09. The van der Waals surface area contributed by atoms with Crippen molar-refractivity contribution in [2.24, 2.45) is 0 Å². The average molecular weight is 320 g/mol. The summed E-state index contributed by atoms with van der Waals surface area (Å²) in [6, 6.07) is 16.7. The normalized spacial score (nSPS) is 11.0. The molecule has 4 nitrogen and oxygen atoms in total. The highest BCUT2D eigenvalue weighted by atomic mass is 16.5. The molecule has 0 aliphatic heterocycles. The number of anilines is 1. The number of rotatable bonds is 5. The van der Waals surface area contributed by atoms with E-state index in [0.29, 0.717) is 5.69 Å². The van der Waals surface area contributed by atoms with E-state index in [0.717, 1.165) is 16.9 Å². The van der Waals surface area contributed by atoms with Gasteiger partial charge < -0.3 is 10.1 Å². The molecule has 122 valence electrons. The molecule has 0 spiro atoms. The molecule has 4 heteroatoms. The molecular weight excluding hydrogens is 300 g/mol. The molecule has 2 aromatic rings. The second kappa shape index (κ2) is 7.98. The first-order valence-corrected chi connectivity index (χ1v) is 7.75. The number of carbonyl (C=O) groups excluding carboxylic acids is 1. The lowest BCUT2D eigenvalue weighted by Crippen LogP contribution is -2.14. The molecule has 0 aromatic heterocycles. The van der Waals surface area contributed by atoms with Gasteiger partial charge in [0.1, 0.15) is 17.4 Å². The van der Waals surface area contributed by atoms with Crippen LogP contribution < -0.4 is 10.1 Å². The van der Waals surface area contributed by atoms with Crippen LogP contribution in [0.1, 0.15) is 25.0 Å². The zero-order valence-corrected chi connectivity index (χ0v) is 14.0. The topological polar surface area (TPSA) is 62.1 Å². The number of aryl methyl sites for hydroxylation is 1. The van der Waals surface area contributed by atoms with Crippen molar-refractivity contribution in [3.63, 3.8) is 0 Å². The number of nitriles is 1. The van der Waals surface area contributed by atoms with Gasteiger partial charge in [0, 0.05) is 5.69 Å². The second-order valence-electron chi connectivity index (χ2n) is 5.67. The van der Waals surface area contributed by atoms with Crippen LogP contribution in [0.2, 0.25) is 0 Å². The van der Waals surface area contributed by atoms with Crippen molar-refractivity contribution in [2.45, 2.75) is 26.9 Å². The van der Waals surface area contributed by atoms with Crippen LogP contribution >= 0.6 is 0 Å². The summed E-state index contributed by atoms with van der Waals surface area (Å²) in [5, 5.41) is 12.0. The quantitative estimate of drug-likeness (QED) is 0.659. The van der Waals surface area contributed by atoms with E-state index in [4.69, 9.17) is 4.74 Å². The van der Waals surface area contributed by atoms with Crippen molar-refractivity contribution in [3.05, 3.63) is 65.2 Å². The summed E-state index contributed by atoms with van der Waals surface area (Å²) >= 11 is 0. The monoisotopic (exact) mass is 320 g/mol. The highest BCUT2D eigenvalue weighted by Gasteiger charge is 2.10. The molecule has 24 heavy (non-hydrogen) atoms. The van der Waals surface area contributed by atoms with Gasteiger partial charge in [0.05, 0.1) is 6.10 Å². The predicted molar refractivity (Wildman–Crippen MR) is 95.6 cm³/mol. The number of nitrogens with zero attached hydrogens (tertiary/aromatic N) is 1. The highest BCUT2D eigenvalue weighted by molar-refractivity contribution is 6.09. The van der Waals surface area contributed by atoms with Crippen LogP contribution in [-0.2, 0) is 4.79 Å². The second-order valence-corrected chi connectivity index (χ2v) is 5.67. The van der Waals surface area contributed by atoms with Crippen LogP contribution in [0, 0.1) is 18.3 Å². The van der Waals surface area contributed by atoms with Gasteiger partial charge in [0.2, 0.25) is 0 Å². The minimum Gasteiger partial charge on any atom is -0.491 e. The van der Waals surface area contributed by atoms with Crippen LogP contribution in [0.25, 0.3) is 6.08 Å². The van der Waals surface area contributed by atoms with Crippen LogP contribution in [0.5, 0.6) is 5.75 Å². The van der Waals surface area contributed by atoms with Crippen molar-refractivity contribution < 1.29 is 9.53 Å². The number of carbonyl (C=O) groups is 1. The molecule has 2 rings (SSSR count). The van der Waals surface area contributed by atoms with Crippen molar-refractivity contribution in [3.8, 4) is 11.8 Å². The third kappa shape index (κ3) is 4.72. The van der Waals surface area contributed by atoms with Gasteiger partial charge >= 0.3 is 0 Å². The highest BCUT2D eigenvalue weighted by Crippen LogP contribution is 2.18. The van der Waals surface area contributed by atoms with Gasteiger partial charge in [-0.3, -0.25) is 4.79 Å². The summed E-state index contributed by atoms with van der Waals surface area (Å²) in [6.45, 7) is 5.81. The van der Waals surface area contributed by atoms with E-state index in [1.807, 2.05) is 69.3 Å². The zero-order valence-electron chi connectivity index (χ0n) is 14.0. The van der Waals surface area contributed by atoms with Gasteiger partial charge in [-0.05, 0) is 56.2 Å². The SMILES string of the molecule is Cc1ccccc1NC(=O)/C(C#N)=C\c1ccc(OC(C)C)cc1. The fraction of sp³-hybridized carbons (Fsp3) is 0.200. The molecule has 0 bridgehead atoms. The number of hydrogen-bond acceptors (Lipinski definition) is 3. The van der Waals surface area contributed by atoms with E-state index in [1.165, 1.54) is 0 Å². The molecule has 0 aliphatic rings. The Kier molecular flexibility index (Phi) is 5.75. The Hall–Kier alpha value is -3.06. The van der Waals surface area contributed by atoms with Crippen molar-refractivity contribution in [2.75, 3.05) is 5.32 Å². The molecule has 1 N–H and O–H groups in total. The first-order valence-electron chi connectivity index (χ1n) is 7.75. The average Bonchev–Trinajstić information content (AvgIpc) is 2.55. The largest absolute Gasteiger partial charge is 0.491 e. The van der Waals surface area contributed by atoms with Crippen molar-refractivity contribution >= 4 is 17.7 Å². The van der Waals surface area contributed by atoms with Crippen molar-refractivity contribution in [1.82, 2.24) is 0 Å². The molecule has 0 saturated carbocycles. The first-order chi connectivity index (χ1) is 11.5. The van der Waals surface area contributed by atoms with E-state index in [-0.39, 0.29) is 11.7 Å². The van der Waals surface area contributed by atoms with Crippen LogP contribution in [0.4, 0.5) is 5.69 Å². The maximum atomic E-state index is 12.3. The Balaban J connectivity index is 2.15. The maximum Gasteiger partial charge on any atom is 0.266 e. The van der Waals surface area contributed by atoms with Gasteiger partial charge in [0.15, 0.2) is 0 Å². The van der Waals surface area contributed by atoms with Gasteiger partial charge in [-0.15, -0.1) is 0 Å². The van der Waals surface area contributed by atoms with Crippen LogP contribution in [0.15, 0.2) is 54.1 Å². The molecular formula is C20H20N2O2. The molecule has 0 aliphatic carbocycles. The summed E-state index contributed by atoms with van der Waals surface area (Å²) in [5.41, 5.74) is 2.46. The Morgan fingerprint density at radius 1 is 1.17 bits per heavy atom. The molecule has 0 saturated heterocycles. The summed E-state index contributed by atoms with van der Waals surface area (Å²) in [5.74, 6) is 0.333. The Morgan fingerprint density at radius 3 is 2.42 bits per heavy atom. The molecule has 0 atom stereocenters. The lowest BCUT2D eigenvalue weighted by molar-refractivity contribution is -0.112. The molecule has 0 fully saturated rings. The van der Waals surface area contributed by atoms with Gasteiger partial charge in [-0.2, -0.15) is 5.26 Å². The first kappa shape index (κ1) is 17.3. The Bertz CT molecular complexity index is 784. The van der Waals surface area contributed by atoms with E-state index in [1.54, 1.807) is 12.1 Å². The van der Waals surface area contributed by atoms with Gasteiger partial charge in [0.25, 0.3) is 5.91 Å². The Labute approximate surface area is 142 Å². The fourth-order valence-electron chi connectivity index (χ4n) is 2.13. The smallest absolute Gasteiger partial charge is 0.266 e. The number of ether oxygens (including phenoxy) is 1. The third-order valence-corrected chi connectivity index (χ3v) is 3.32. The van der Waals surface area contributed by atoms with Crippen molar-refractivity contribution in [1.29, 1.82) is 5.26 Å². The molecule has 1 amide bonds. The number of benzene rings is 2. The number of para-hydroxylation sites is 1. The summed E-state index contributed by atoms with van der Waals surface area (Å²) in [4.78, 5) is 12.3. The summed E-state index contributed by atoms with van der Waals surface area (Å²) < 4.78 is 5.58. The zero-order chi connectivity index (χ0) is 17.5. The minimum atomic E-state index is -0.422. The van der Waals surface area contributed by atoms with Crippen LogP contribution in [0.3, 0.4) is 0 Å². The molecule has 0 radical (unpaired) electrons. The van der Waals surface area contributed by atoms with E-state index in [9.17, 15) is 10.1 Å². The molecule has 2 aromatic carbocycles. The standard InChI is InChI=1S/C20H20N2O2/c1-14(2)24-18-10-8-16(9-11-18)12-17(13-21)20(23)22-19-7-5-4-6-15(19)3/h4-12,14H,1-3H3,(H,22,23)/b17-12-. The van der Waals surface area contributed by atoms with E-state index in [2.05, 4.69) is 5.32 Å². The van der Waals surface area contributed by atoms with Gasteiger partial charge in [-0.1, -0.05) is 30.3 Å². The minimum absolute atomic E-state index is 0.0516.